The number of nitrogens with zero attached hydrogens (tertiary/aromatic N) is 1. The van der Waals surface area contributed by atoms with Gasteiger partial charge in [-0.2, -0.15) is 5.10 Å². The zero-order chi connectivity index (χ0) is 10.1. The van der Waals surface area contributed by atoms with Crippen LogP contribution in [0.15, 0.2) is 23.0 Å². The Hall–Kier alpha value is -1.56. The van der Waals surface area contributed by atoms with Crippen molar-refractivity contribution in [2.24, 2.45) is 0 Å². The largest absolute Gasteiger partial charge is 0.322 e. The molecule has 3 nitrogen and oxygen atoms in total. The molecule has 0 aliphatic carbocycles. The molecule has 6 heteroatoms. The molecular formula is C8H4F2N2OS. The van der Waals surface area contributed by atoms with Gasteiger partial charge in [-0.1, -0.05) is 11.3 Å². The molecular weight excluding hydrogens is 210 g/mol. The number of rotatable bonds is 1. The highest BCUT2D eigenvalue weighted by Crippen LogP contribution is 2.22. The topological polar surface area (TPSA) is 45.8 Å². The van der Waals surface area contributed by atoms with Crippen LogP contribution in [-0.2, 0) is 0 Å². The first kappa shape index (κ1) is 9.01. The van der Waals surface area contributed by atoms with Crippen LogP contribution in [-0.4, -0.2) is 10.2 Å². The standard InChI is InChI=1S/C8H4F2N2OS/c9-4-1-2-6(10)5(3-4)7-11-12-8(13)14-7/h1-3H,(H,12,13). The first-order chi connectivity index (χ1) is 6.66. The summed E-state index contributed by atoms with van der Waals surface area (Å²) in [5.74, 6) is -1.17. The van der Waals surface area contributed by atoms with Crippen LogP contribution < -0.4 is 4.87 Å². The van der Waals surface area contributed by atoms with Crippen LogP contribution in [0.25, 0.3) is 10.6 Å². The van der Waals surface area contributed by atoms with Gasteiger partial charge in [0.2, 0.25) is 0 Å². The lowest BCUT2D eigenvalue weighted by atomic mass is 10.2. The van der Waals surface area contributed by atoms with E-state index in [0.29, 0.717) is 0 Å². The van der Waals surface area contributed by atoms with Gasteiger partial charge in [0.15, 0.2) is 5.01 Å². The zero-order valence-electron chi connectivity index (χ0n) is 6.75. The SMILES string of the molecule is O=c1[nH]nc(-c2cc(F)ccc2F)s1. The van der Waals surface area contributed by atoms with Crippen molar-refractivity contribution in [1.29, 1.82) is 0 Å². The Morgan fingerprint density at radius 1 is 1.36 bits per heavy atom. The summed E-state index contributed by atoms with van der Waals surface area (Å²) < 4.78 is 25.9. The monoisotopic (exact) mass is 214 g/mol. The molecule has 0 fully saturated rings. The lowest BCUT2D eigenvalue weighted by Crippen LogP contribution is -1.90. The number of nitrogens with one attached hydrogen (secondary N) is 1. The van der Waals surface area contributed by atoms with Gasteiger partial charge >= 0.3 is 4.87 Å². The minimum absolute atomic E-state index is 0.00616. The maximum atomic E-state index is 13.1. The van der Waals surface area contributed by atoms with Crippen molar-refractivity contribution in [1.82, 2.24) is 10.2 Å². The van der Waals surface area contributed by atoms with Crippen LogP contribution in [0.1, 0.15) is 0 Å². The molecule has 2 aromatic rings. The Labute approximate surface area is 81.0 Å². The summed E-state index contributed by atoms with van der Waals surface area (Å²) in [6, 6.07) is 3.01. The fourth-order valence-corrected chi connectivity index (χ4v) is 1.63. The number of hydrogen-bond donors (Lipinski definition) is 1. The molecule has 0 bridgehead atoms. The Bertz CT molecular complexity index is 520. The minimum Gasteiger partial charge on any atom is -0.255 e. The highest BCUT2D eigenvalue weighted by molar-refractivity contribution is 7.12. The summed E-state index contributed by atoms with van der Waals surface area (Å²) in [5.41, 5.74) is -0.00616. The van der Waals surface area contributed by atoms with E-state index in [1.807, 2.05) is 0 Å². The molecule has 2 rings (SSSR count). The average molecular weight is 214 g/mol. The molecule has 1 aromatic heterocycles. The maximum absolute atomic E-state index is 13.1. The molecule has 0 saturated carbocycles. The Morgan fingerprint density at radius 2 is 2.14 bits per heavy atom. The van der Waals surface area contributed by atoms with E-state index in [1.54, 1.807) is 0 Å². The van der Waals surface area contributed by atoms with E-state index in [9.17, 15) is 13.6 Å². The van der Waals surface area contributed by atoms with Gasteiger partial charge in [0.25, 0.3) is 0 Å². The van der Waals surface area contributed by atoms with Gasteiger partial charge in [0.05, 0.1) is 5.56 Å². The third kappa shape index (κ3) is 1.56. The van der Waals surface area contributed by atoms with E-state index < -0.39 is 16.5 Å². The van der Waals surface area contributed by atoms with E-state index in [4.69, 9.17) is 0 Å². The number of aromatic amines is 1. The van der Waals surface area contributed by atoms with Gasteiger partial charge in [-0.3, -0.25) is 4.79 Å². The van der Waals surface area contributed by atoms with Gasteiger partial charge in [-0.05, 0) is 18.2 Å². The summed E-state index contributed by atoms with van der Waals surface area (Å²) in [5, 5.41) is 5.85. The molecule has 0 atom stereocenters. The van der Waals surface area contributed by atoms with Gasteiger partial charge in [0, 0.05) is 0 Å². The third-order valence-electron chi connectivity index (χ3n) is 1.60. The van der Waals surface area contributed by atoms with Crippen molar-refractivity contribution in [3.8, 4) is 10.6 Å². The van der Waals surface area contributed by atoms with E-state index in [2.05, 4.69) is 10.2 Å². The smallest absolute Gasteiger partial charge is 0.255 e. The first-order valence-corrected chi connectivity index (χ1v) is 4.49. The Balaban J connectivity index is 2.61. The quantitative estimate of drug-likeness (QED) is 0.786. The molecule has 72 valence electrons. The molecule has 0 radical (unpaired) electrons. The lowest BCUT2D eigenvalue weighted by molar-refractivity contribution is 0.603. The zero-order valence-corrected chi connectivity index (χ0v) is 7.57. The second-order valence-corrected chi connectivity index (χ2v) is 3.50. The van der Waals surface area contributed by atoms with Gasteiger partial charge in [-0.15, -0.1) is 0 Å². The summed E-state index contributed by atoms with van der Waals surface area (Å²) in [4.78, 5) is 10.3. The van der Waals surface area contributed by atoms with Crippen molar-refractivity contribution in [2.45, 2.75) is 0 Å². The Kier molecular flexibility index (Phi) is 2.12. The van der Waals surface area contributed by atoms with Gasteiger partial charge < -0.3 is 0 Å². The number of aromatic nitrogens is 2. The van der Waals surface area contributed by atoms with Crippen LogP contribution in [0, 0.1) is 11.6 Å². The van der Waals surface area contributed by atoms with Crippen LogP contribution >= 0.6 is 11.3 Å². The molecule has 0 spiro atoms. The molecule has 0 saturated heterocycles. The van der Waals surface area contributed by atoms with Crippen molar-refractivity contribution >= 4 is 11.3 Å². The molecule has 1 N–H and O–H groups in total. The summed E-state index contributed by atoms with van der Waals surface area (Å²) in [6.07, 6.45) is 0. The van der Waals surface area contributed by atoms with Gasteiger partial charge in [-0.25, -0.2) is 13.9 Å². The van der Waals surface area contributed by atoms with Crippen molar-refractivity contribution < 1.29 is 8.78 Å². The average Bonchev–Trinajstić information content (AvgIpc) is 2.56. The van der Waals surface area contributed by atoms with Crippen LogP contribution in [0.3, 0.4) is 0 Å². The fourth-order valence-electron chi connectivity index (χ4n) is 1.01. The van der Waals surface area contributed by atoms with Crippen molar-refractivity contribution in [2.75, 3.05) is 0 Å². The van der Waals surface area contributed by atoms with Crippen LogP contribution in [0.4, 0.5) is 8.78 Å². The molecule has 14 heavy (non-hydrogen) atoms. The third-order valence-corrected chi connectivity index (χ3v) is 2.38. The fraction of sp³-hybridized carbons (Fsp3) is 0. The van der Waals surface area contributed by atoms with Gasteiger partial charge in [0.1, 0.15) is 11.6 Å². The molecule has 1 heterocycles. The number of benzene rings is 1. The predicted octanol–water partition coefficient (Wildman–Crippen LogP) is 1.78. The van der Waals surface area contributed by atoms with Crippen LogP contribution in [0.2, 0.25) is 0 Å². The van der Waals surface area contributed by atoms with Crippen LogP contribution in [0.5, 0.6) is 0 Å². The normalized spacial score (nSPS) is 10.4. The molecule has 0 aliphatic heterocycles. The number of halogens is 2. The summed E-state index contributed by atoms with van der Waals surface area (Å²) in [6.45, 7) is 0. The minimum atomic E-state index is -0.603. The molecule has 0 unspecified atom stereocenters. The second kappa shape index (κ2) is 3.30. The predicted molar refractivity (Wildman–Crippen MR) is 48.1 cm³/mol. The maximum Gasteiger partial charge on any atom is 0.322 e. The van der Waals surface area contributed by atoms with E-state index >= 15 is 0 Å². The molecule has 1 aromatic carbocycles. The molecule has 0 aliphatic rings. The summed E-state index contributed by atoms with van der Waals surface area (Å²) >= 11 is 0.735. The van der Waals surface area contributed by atoms with E-state index in [-0.39, 0.29) is 10.6 Å². The highest BCUT2D eigenvalue weighted by atomic mass is 32.1. The Morgan fingerprint density at radius 3 is 2.79 bits per heavy atom. The first-order valence-electron chi connectivity index (χ1n) is 3.68. The lowest BCUT2D eigenvalue weighted by Gasteiger charge is -1.96. The summed E-state index contributed by atoms with van der Waals surface area (Å²) in [7, 11) is 0. The second-order valence-electron chi connectivity index (χ2n) is 2.54. The highest BCUT2D eigenvalue weighted by Gasteiger charge is 2.10. The number of hydrogen-bond acceptors (Lipinski definition) is 3. The van der Waals surface area contributed by atoms with E-state index in [0.717, 1.165) is 29.5 Å². The van der Waals surface area contributed by atoms with Crippen molar-refractivity contribution in [3.63, 3.8) is 0 Å². The number of H-pyrrole nitrogens is 1. The molecule has 0 amide bonds. The van der Waals surface area contributed by atoms with E-state index in [1.165, 1.54) is 0 Å². The van der Waals surface area contributed by atoms with Crippen molar-refractivity contribution in [3.05, 3.63) is 39.5 Å².